The first-order chi connectivity index (χ1) is 9.17. The molecule has 108 valence electrons. The molecular weight excluding hydrogens is 256 g/mol. The maximum absolute atomic E-state index is 5.78. The van der Waals surface area contributed by atoms with E-state index in [0.717, 1.165) is 32.7 Å². The van der Waals surface area contributed by atoms with Crippen LogP contribution in [-0.2, 0) is 17.8 Å². The van der Waals surface area contributed by atoms with Gasteiger partial charge in [0.1, 0.15) is 0 Å². The van der Waals surface area contributed by atoms with Crippen molar-refractivity contribution < 1.29 is 4.74 Å². The zero-order valence-corrected chi connectivity index (χ0v) is 13.1. The summed E-state index contributed by atoms with van der Waals surface area (Å²) in [5.74, 6) is 0. The van der Waals surface area contributed by atoms with Gasteiger partial charge in [0.05, 0.1) is 12.2 Å². The summed E-state index contributed by atoms with van der Waals surface area (Å²) >= 11 is 1.93. The average molecular weight is 282 g/mol. The summed E-state index contributed by atoms with van der Waals surface area (Å²) < 4.78 is 5.78. The Morgan fingerprint density at radius 2 is 1.95 bits per heavy atom. The van der Waals surface area contributed by atoms with Gasteiger partial charge in [-0.05, 0) is 38.9 Å². The highest BCUT2D eigenvalue weighted by molar-refractivity contribution is 7.11. The van der Waals surface area contributed by atoms with Gasteiger partial charge in [0.25, 0.3) is 0 Å². The maximum Gasteiger partial charge on any atom is 0.0678 e. The highest BCUT2D eigenvalue weighted by Gasteiger charge is 2.22. The topological polar surface area (TPSA) is 24.5 Å². The lowest BCUT2D eigenvalue weighted by atomic mass is 10.2. The summed E-state index contributed by atoms with van der Waals surface area (Å²) in [6.45, 7) is 11.8. The van der Waals surface area contributed by atoms with Crippen molar-refractivity contribution in [3.63, 3.8) is 0 Å². The predicted molar refractivity (Wildman–Crippen MR) is 81.6 cm³/mol. The van der Waals surface area contributed by atoms with Crippen LogP contribution in [0.3, 0.4) is 0 Å². The quantitative estimate of drug-likeness (QED) is 0.812. The van der Waals surface area contributed by atoms with E-state index in [1.54, 1.807) is 0 Å². The summed E-state index contributed by atoms with van der Waals surface area (Å²) in [4.78, 5) is 5.42. The zero-order valence-electron chi connectivity index (χ0n) is 12.3. The minimum Gasteiger partial charge on any atom is -0.373 e. The van der Waals surface area contributed by atoms with E-state index >= 15 is 0 Å². The summed E-state index contributed by atoms with van der Waals surface area (Å²) in [5, 5.41) is 3.46. The first-order valence-electron chi connectivity index (χ1n) is 7.33. The number of morpholine rings is 1. The molecule has 1 aliphatic rings. The van der Waals surface area contributed by atoms with Crippen molar-refractivity contribution in [1.82, 2.24) is 10.2 Å². The number of hydrogen-bond donors (Lipinski definition) is 1. The van der Waals surface area contributed by atoms with Crippen LogP contribution in [-0.4, -0.2) is 36.7 Å². The molecule has 1 aromatic rings. The Morgan fingerprint density at radius 1 is 1.26 bits per heavy atom. The fraction of sp³-hybridized carbons (Fsp3) is 0.733. The number of thiophene rings is 1. The van der Waals surface area contributed by atoms with Crippen LogP contribution in [0, 0.1) is 0 Å². The zero-order chi connectivity index (χ0) is 13.7. The van der Waals surface area contributed by atoms with Crippen LogP contribution < -0.4 is 5.32 Å². The number of rotatable bonds is 6. The molecule has 0 amide bonds. The van der Waals surface area contributed by atoms with Crippen LogP contribution in [0.2, 0.25) is 0 Å². The molecular formula is C15H26N2OS. The molecule has 2 atom stereocenters. The molecule has 3 nitrogen and oxygen atoms in total. The highest BCUT2D eigenvalue weighted by Crippen LogP contribution is 2.20. The molecule has 0 bridgehead atoms. The molecule has 1 aromatic heterocycles. The lowest BCUT2D eigenvalue weighted by Crippen LogP contribution is -2.44. The molecule has 1 aliphatic heterocycles. The van der Waals surface area contributed by atoms with Gasteiger partial charge in [-0.3, -0.25) is 4.90 Å². The summed E-state index contributed by atoms with van der Waals surface area (Å²) in [6, 6.07) is 4.54. The Labute approximate surface area is 121 Å². The molecule has 0 radical (unpaired) electrons. The van der Waals surface area contributed by atoms with Crippen molar-refractivity contribution in [1.29, 1.82) is 0 Å². The molecule has 19 heavy (non-hydrogen) atoms. The van der Waals surface area contributed by atoms with Gasteiger partial charge >= 0.3 is 0 Å². The van der Waals surface area contributed by atoms with Crippen molar-refractivity contribution >= 4 is 11.3 Å². The van der Waals surface area contributed by atoms with E-state index < -0.39 is 0 Å². The van der Waals surface area contributed by atoms with E-state index in [0.29, 0.717) is 12.2 Å². The smallest absolute Gasteiger partial charge is 0.0678 e. The molecule has 0 aliphatic carbocycles. The van der Waals surface area contributed by atoms with Gasteiger partial charge in [0.2, 0.25) is 0 Å². The summed E-state index contributed by atoms with van der Waals surface area (Å²) in [6.07, 6.45) is 1.91. The largest absolute Gasteiger partial charge is 0.373 e. The lowest BCUT2D eigenvalue weighted by molar-refractivity contribution is -0.0702. The molecule has 1 N–H and O–H groups in total. The van der Waals surface area contributed by atoms with Crippen LogP contribution in [0.4, 0.5) is 0 Å². The molecule has 0 aromatic carbocycles. The number of nitrogens with zero attached hydrogens (tertiary/aromatic N) is 1. The predicted octanol–water partition coefficient (Wildman–Crippen LogP) is 2.86. The molecule has 4 heteroatoms. The minimum absolute atomic E-state index is 0.356. The Hall–Kier alpha value is -0.420. The second-order valence-electron chi connectivity index (χ2n) is 5.50. The normalized spacial score (nSPS) is 24.8. The number of hydrogen-bond acceptors (Lipinski definition) is 4. The van der Waals surface area contributed by atoms with Crippen LogP contribution in [0.5, 0.6) is 0 Å². The van der Waals surface area contributed by atoms with Gasteiger partial charge in [-0.2, -0.15) is 0 Å². The Balaban J connectivity index is 1.82. The van der Waals surface area contributed by atoms with E-state index in [-0.39, 0.29) is 0 Å². The summed E-state index contributed by atoms with van der Waals surface area (Å²) in [5.41, 5.74) is 0. The third kappa shape index (κ3) is 4.88. The Morgan fingerprint density at radius 3 is 2.63 bits per heavy atom. The molecule has 1 saturated heterocycles. The first kappa shape index (κ1) is 15.0. The van der Waals surface area contributed by atoms with Crippen molar-refractivity contribution in [3.8, 4) is 0 Å². The van der Waals surface area contributed by atoms with Gasteiger partial charge in [0, 0.05) is 35.9 Å². The minimum atomic E-state index is 0.356. The third-order valence-corrected chi connectivity index (χ3v) is 4.39. The third-order valence-electron chi connectivity index (χ3n) is 3.32. The fourth-order valence-electron chi connectivity index (χ4n) is 2.62. The lowest BCUT2D eigenvalue weighted by Gasteiger charge is -2.34. The monoisotopic (exact) mass is 282 g/mol. The fourth-order valence-corrected chi connectivity index (χ4v) is 3.65. The second-order valence-corrected chi connectivity index (χ2v) is 6.75. The SMILES string of the molecule is CCCNCc1ccc(CN2C[C@@H](C)O[C@@H](C)C2)s1. The van der Waals surface area contributed by atoms with Crippen molar-refractivity contribution in [2.75, 3.05) is 19.6 Å². The molecule has 2 heterocycles. The average Bonchev–Trinajstić information content (AvgIpc) is 2.76. The van der Waals surface area contributed by atoms with Gasteiger partial charge in [-0.1, -0.05) is 6.92 Å². The van der Waals surface area contributed by atoms with E-state index in [2.05, 4.69) is 43.1 Å². The van der Waals surface area contributed by atoms with Crippen LogP contribution in [0.25, 0.3) is 0 Å². The van der Waals surface area contributed by atoms with Gasteiger partial charge in [0.15, 0.2) is 0 Å². The molecule has 0 unspecified atom stereocenters. The van der Waals surface area contributed by atoms with Crippen molar-refractivity contribution in [2.45, 2.75) is 52.5 Å². The summed E-state index contributed by atoms with van der Waals surface area (Å²) in [7, 11) is 0. The van der Waals surface area contributed by atoms with Crippen molar-refractivity contribution in [2.24, 2.45) is 0 Å². The maximum atomic E-state index is 5.78. The van der Waals surface area contributed by atoms with Crippen LogP contribution >= 0.6 is 11.3 Å². The second kappa shape index (κ2) is 7.39. The van der Waals surface area contributed by atoms with E-state index in [9.17, 15) is 0 Å². The van der Waals surface area contributed by atoms with Crippen LogP contribution in [0.15, 0.2) is 12.1 Å². The molecule has 0 saturated carbocycles. The number of nitrogens with one attached hydrogen (secondary N) is 1. The Kier molecular flexibility index (Phi) is 5.82. The van der Waals surface area contributed by atoms with Gasteiger partial charge < -0.3 is 10.1 Å². The number of ether oxygens (including phenoxy) is 1. The standard InChI is InChI=1S/C15H26N2OS/c1-4-7-16-8-14-5-6-15(19-14)11-17-9-12(2)18-13(3)10-17/h5-6,12-13,16H,4,7-11H2,1-3H3/t12-,13+. The first-order valence-corrected chi connectivity index (χ1v) is 8.15. The van der Waals surface area contributed by atoms with Crippen LogP contribution in [0.1, 0.15) is 36.9 Å². The molecule has 2 rings (SSSR count). The Bertz CT molecular complexity index is 370. The molecule has 1 fully saturated rings. The molecule has 0 spiro atoms. The highest BCUT2D eigenvalue weighted by atomic mass is 32.1. The van der Waals surface area contributed by atoms with Gasteiger partial charge in [-0.25, -0.2) is 0 Å². The van der Waals surface area contributed by atoms with E-state index in [4.69, 9.17) is 4.74 Å². The van der Waals surface area contributed by atoms with E-state index in [1.807, 2.05) is 11.3 Å². The van der Waals surface area contributed by atoms with E-state index in [1.165, 1.54) is 16.2 Å². The van der Waals surface area contributed by atoms with Gasteiger partial charge in [-0.15, -0.1) is 11.3 Å². The van der Waals surface area contributed by atoms with Crippen molar-refractivity contribution in [3.05, 3.63) is 21.9 Å².